The van der Waals surface area contributed by atoms with Crippen LogP contribution in [0.15, 0.2) is 72.9 Å². The Labute approximate surface area is 148 Å². The third kappa shape index (κ3) is 4.27. The summed E-state index contributed by atoms with van der Waals surface area (Å²) in [6, 6.07) is 17.5. The predicted octanol–water partition coefficient (Wildman–Crippen LogP) is 4.70. The second-order valence-corrected chi connectivity index (χ2v) is 5.68. The smallest absolute Gasteiger partial charge is 0.348 e. The number of nitrogens with one attached hydrogen (secondary N) is 1. The summed E-state index contributed by atoms with van der Waals surface area (Å²) in [5.74, 6) is -0.373. The van der Waals surface area contributed by atoms with E-state index >= 15 is 0 Å². The fourth-order valence-corrected chi connectivity index (χ4v) is 2.48. The van der Waals surface area contributed by atoms with Gasteiger partial charge in [-0.2, -0.15) is 13.2 Å². The Hall–Kier alpha value is -3.15. The number of aromatic nitrogens is 1. The molecule has 0 bridgehead atoms. The molecule has 2 aromatic carbocycles. The molecule has 3 rings (SSSR count). The highest BCUT2D eigenvalue weighted by Gasteiger charge is 2.30. The standard InChI is InChI=1S/C20H15F3N2O/c21-20(22,23)17-8-4-5-14(11-17)13-25-19(26)16-9-10-24-18(12-16)15-6-2-1-3-7-15/h1-12H,13H2,(H,25,26). The molecule has 0 radical (unpaired) electrons. The first-order valence-corrected chi connectivity index (χ1v) is 7.89. The molecule has 0 fully saturated rings. The molecule has 0 atom stereocenters. The van der Waals surface area contributed by atoms with Gasteiger partial charge < -0.3 is 5.32 Å². The Kier molecular flexibility index (Phi) is 5.02. The summed E-state index contributed by atoms with van der Waals surface area (Å²) in [7, 11) is 0. The molecule has 3 nitrogen and oxygen atoms in total. The van der Waals surface area contributed by atoms with E-state index in [-0.39, 0.29) is 12.5 Å². The summed E-state index contributed by atoms with van der Waals surface area (Å²) in [5.41, 5.74) is 1.56. The van der Waals surface area contributed by atoms with E-state index in [0.717, 1.165) is 17.7 Å². The number of amides is 1. The van der Waals surface area contributed by atoms with Crippen molar-refractivity contribution < 1.29 is 18.0 Å². The van der Waals surface area contributed by atoms with Crippen LogP contribution < -0.4 is 5.32 Å². The molecular weight excluding hydrogens is 341 g/mol. The third-order valence-corrected chi connectivity index (χ3v) is 3.80. The molecular formula is C20H15F3N2O. The molecule has 132 valence electrons. The summed E-state index contributed by atoms with van der Waals surface area (Å²) in [5, 5.41) is 2.64. The second kappa shape index (κ2) is 7.39. The Balaban J connectivity index is 1.71. The number of rotatable bonds is 4. The number of halogens is 3. The Morgan fingerprint density at radius 3 is 2.46 bits per heavy atom. The van der Waals surface area contributed by atoms with E-state index in [4.69, 9.17) is 0 Å². The van der Waals surface area contributed by atoms with Crippen LogP contribution in [0.3, 0.4) is 0 Å². The van der Waals surface area contributed by atoms with Crippen molar-refractivity contribution in [1.82, 2.24) is 10.3 Å². The van der Waals surface area contributed by atoms with Crippen LogP contribution in [0.2, 0.25) is 0 Å². The van der Waals surface area contributed by atoms with E-state index in [1.54, 1.807) is 12.1 Å². The summed E-state index contributed by atoms with van der Waals surface area (Å²) in [4.78, 5) is 16.6. The lowest BCUT2D eigenvalue weighted by Gasteiger charge is -2.10. The maximum absolute atomic E-state index is 12.7. The monoisotopic (exact) mass is 356 g/mol. The van der Waals surface area contributed by atoms with Crippen LogP contribution in [0.1, 0.15) is 21.5 Å². The molecule has 6 heteroatoms. The molecule has 3 aromatic rings. The van der Waals surface area contributed by atoms with Crippen molar-refractivity contribution in [2.45, 2.75) is 12.7 Å². The number of carbonyl (C=O) groups is 1. The summed E-state index contributed by atoms with van der Waals surface area (Å²) >= 11 is 0. The van der Waals surface area contributed by atoms with E-state index in [2.05, 4.69) is 10.3 Å². The molecule has 0 aliphatic rings. The van der Waals surface area contributed by atoms with Crippen molar-refractivity contribution >= 4 is 5.91 Å². The maximum Gasteiger partial charge on any atom is 0.416 e. The largest absolute Gasteiger partial charge is 0.416 e. The lowest BCUT2D eigenvalue weighted by molar-refractivity contribution is -0.137. The van der Waals surface area contributed by atoms with Crippen molar-refractivity contribution in [3.8, 4) is 11.3 Å². The fraction of sp³-hybridized carbons (Fsp3) is 0.100. The SMILES string of the molecule is O=C(NCc1cccc(C(F)(F)F)c1)c1ccnc(-c2ccccc2)c1. The van der Waals surface area contributed by atoms with E-state index < -0.39 is 11.7 Å². The van der Waals surface area contributed by atoms with Crippen molar-refractivity contribution in [3.05, 3.63) is 89.6 Å². The molecule has 0 aliphatic carbocycles. The van der Waals surface area contributed by atoms with E-state index in [9.17, 15) is 18.0 Å². The predicted molar refractivity (Wildman–Crippen MR) is 92.3 cm³/mol. The first-order chi connectivity index (χ1) is 12.4. The zero-order valence-electron chi connectivity index (χ0n) is 13.6. The molecule has 0 spiro atoms. The van der Waals surface area contributed by atoms with Crippen LogP contribution in [0.4, 0.5) is 13.2 Å². The summed E-state index contributed by atoms with van der Waals surface area (Å²) in [6.45, 7) is 0.00570. The molecule has 26 heavy (non-hydrogen) atoms. The normalized spacial score (nSPS) is 11.2. The number of nitrogens with zero attached hydrogens (tertiary/aromatic N) is 1. The van der Waals surface area contributed by atoms with Crippen LogP contribution >= 0.6 is 0 Å². The van der Waals surface area contributed by atoms with Crippen molar-refractivity contribution in [3.63, 3.8) is 0 Å². The number of hydrogen-bond donors (Lipinski definition) is 1. The number of pyridine rings is 1. The number of hydrogen-bond acceptors (Lipinski definition) is 2. The topological polar surface area (TPSA) is 42.0 Å². The first kappa shape index (κ1) is 17.7. The van der Waals surface area contributed by atoms with Crippen LogP contribution in [0, 0.1) is 0 Å². The molecule has 0 saturated carbocycles. The minimum atomic E-state index is -4.41. The molecule has 0 saturated heterocycles. The Morgan fingerprint density at radius 1 is 0.962 bits per heavy atom. The minimum absolute atomic E-state index is 0.00570. The number of alkyl halides is 3. The maximum atomic E-state index is 12.7. The van der Waals surface area contributed by atoms with Gasteiger partial charge in [0.2, 0.25) is 0 Å². The molecule has 0 aliphatic heterocycles. The van der Waals surface area contributed by atoms with Gasteiger partial charge in [-0.1, -0.05) is 42.5 Å². The Bertz CT molecular complexity index is 908. The zero-order valence-corrected chi connectivity index (χ0v) is 13.6. The quantitative estimate of drug-likeness (QED) is 0.736. The number of benzene rings is 2. The number of carbonyl (C=O) groups excluding carboxylic acids is 1. The van der Waals surface area contributed by atoms with Crippen LogP contribution in [0.5, 0.6) is 0 Å². The van der Waals surface area contributed by atoms with E-state index in [0.29, 0.717) is 16.8 Å². The Morgan fingerprint density at radius 2 is 1.73 bits per heavy atom. The molecule has 0 unspecified atom stereocenters. The van der Waals surface area contributed by atoms with E-state index in [1.165, 1.54) is 18.3 Å². The highest BCUT2D eigenvalue weighted by molar-refractivity contribution is 5.95. The van der Waals surface area contributed by atoms with Crippen LogP contribution in [-0.2, 0) is 12.7 Å². The van der Waals surface area contributed by atoms with Gasteiger partial charge in [-0.05, 0) is 29.8 Å². The third-order valence-electron chi connectivity index (χ3n) is 3.80. The lowest BCUT2D eigenvalue weighted by atomic mass is 10.1. The van der Waals surface area contributed by atoms with Gasteiger partial charge in [0, 0.05) is 23.9 Å². The van der Waals surface area contributed by atoms with Gasteiger partial charge in [0.05, 0.1) is 11.3 Å². The molecule has 1 amide bonds. The second-order valence-electron chi connectivity index (χ2n) is 5.68. The van der Waals surface area contributed by atoms with Gasteiger partial charge in [-0.25, -0.2) is 0 Å². The van der Waals surface area contributed by atoms with Gasteiger partial charge in [0.15, 0.2) is 0 Å². The molecule has 1 aromatic heterocycles. The summed E-state index contributed by atoms with van der Waals surface area (Å²) < 4.78 is 38.2. The minimum Gasteiger partial charge on any atom is -0.348 e. The first-order valence-electron chi connectivity index (χ1n) is 7.89. The van der Waals surface area contributed by atoms with Gasteiger partial charge in [-0.15, -0.1) is 0 Å². The highest BCUT2D eigenvalue weighted by Crippen LogP contribution is 2.29. The van der Waals surface area contributed by atoms with Crippen molar-refractivity contribution in [2.75, 3.05) is 0 Å². The van der Waals surface area contributed by atoms with Crippen LogP contribution in [-0.4, -0.2) is 10.9 Å². The highest BCUT2D eigenvalue weighted by atomic mass is 19.4. The van der Waals surface area contributed by atoms with E-state index in [1.807, 2.05) is 30.3 Å². The van der Waals surface area contributed by atoms with Gasteiger partial charge in [-0.3, -0.25) is 9.78 Å². The van der Waals surface area contributed by atoms with Gasteiger partial charge >= 0.3 is 6.18 Å². The van der Waals surface area contributed by atoms with Crippen molar-refractivity contribution in [1.29, 1.82) is 0 Å². The summed E-state index contributed by atoms with van der Waals surface area (Å²) in [6.07, 6.45) is -2.88. The van der Waals surface area contributed by atoms with Gasteiger partial charge in [0.25, 0.3) is 5.91 Å². The molecule has 1 heterocycles. The van der Waals surface area contributed by atoms with Crippen molar-refractivity contribution in [2.24, 2.45) is 0 Å². The lowest BCUT2D eigenvalue weighted by Crippen LogP contribution is -2.23. The fourth-order valence-electron chi connectivity index (χ4n) is 2.48. The van der Waals surface area contributed by atoms with Gasteiger partial charge in [0.1, 0.15) is 0 Å². The average molecular weight is 356 g/mol. The average Bonchev–Trinajstić information content (AvgIpc) is 2.66. The van der Waals surface area contributed by atoms with Crippen LogP contribution in [0.25, 0.3) is 11.3 Å². The molecule has 1 N–H and O–H groups in total. The zero-order chi connectivity index (χ0) is 18.6.